The van der Waals surface area contributed by atoms with Crippen LogP contribution in [0.2, 0.25) is 4.34 Å². The van der Waals surface area contributed by atoms with Crippen molar-refractivity contribution < 1.29 is 0 Å². The number of aromatic nitrogens is 2. The molecule has 0 saturated heterocycles. The molecule has 0 unspecified atom stereocenters. The van der Waals surface area contributed by atoms with Crippen molar-refractivity contribution in [3.8, 4) is 11.3 Å². The molecular weight excluding hydrogens is 206 g/mol. The van der Waals surface area contributed by atoms with Crippen LogP contribution in [0.4, 0.5) is 5.82 Å². The van der Waals surface area contributed by atoms with Gasteiger partial charge < -0.3 is 5.73 Å². The van der Waals surface area contributed by atoms with Gasteiger partial charge in [0.25, 0.3) is 0 Å². The van der Waals surface area contributed by atoms with Gasteiger partial charge in [0.1, 0.15) is 5.82 Å². The van der Waals surface area contributed by atoms with E-state index in [1.54, 1.807) is 6.07 Å². The Morgan fingerprint density at radius 1 is 1.31 bits per heavy atom. The highest BCUT2D eigenvalue weighted by molar-refractivity contribution is 7.14. The van der Waals surface area contributed by atoms with E-state index in [1.807, 2.05) is 17.5 Å². The molecule has 0 amide bonds. The second kappa shape index (κ2) is 3.32. The number of anilines is 1. The number of thiophene rings is 1. The van der Waals surface area contributed by atoms with E-state index in [-0.39, 0.29) is 0 Å². The molecule has 2 heterocycles. The lowest BCUT2D eigenvalue weighted by atomic mass is 10.2. The van der Waals surface area contributed by atoms with Gasteiger partial charge in [-0.1, -0.05) is 11.6 Å². The van der Waals surface area contributed by atoms with Gasteiger partial charge in [0.15, 0.2) is 0 Å². The molecule has 2 N–H and O–H groups in total. The van der Waals surface area contributed by atoms with Crippen molar-refractivity contribution in [2.75, 3.05) is 5.73 Å². The topological polar surface area (TPSA) is 51.8 Å². The van der Waals surface area contributed by atoms with Crippen LogP contribution in [0.3, 0.4) is 0 Å². The second-order valence-corrected chi connectivity index (χ2v) is 4.03. The Labute approximate surface area is 84.2 Å². The van der Waals surface area contributed by atoms with Crippen molar-refractivity contribution in [3.05, 3.63) is 27.9 Å². The Morgan fingerprint density at radius 2 is 2.15 bits per heavy atom. The van der Waals surface area contributed by atoms with E-state index in [4.69, 9.17) is 17.3 Å². The number of nitrogen functional groups attached to an aromatic ring is 1. The molecule has 2 aromatic rings. The quantitative estimate of drug-likeness (QED) is 0.788. The molecule has 2 aromatic heterocycles. The number of nitrogens with two attached hydrogens (primary N) is 1. The first-order valence-electron chi connectivity index (χ1n) is 3.59. The summed E-state index contributed by atoms with van der Waals surface area (Å²) >= 11 is 7.26. The monoisotopic (exact) mass is 211 g/mol. The highest BCUT2D eigenvalue weighted by atomic mass is 35.5. The van der Waals surface area contributed by atoms with Gasteiger partial charge in [-0.2, -0.15) is 0 Å². The molecule has 13 heavy (non-hydrogen) atoms. The fourth-order valence-corrected chi connectivity index (χ4v) is 1.82. The molecule has 0 bridgehead atoms. The van der Waals surface area contributed by atoms with Gasteiger partial charge in [-0.15, -0.1) is 21.5 Å². The SMILES string of the molecule is Nc1ccc(-c2csc(Cl)c2)nn1. The van der Waals surface area contributed by atoms with Gasteiger partial charge in [0, 0.05) is 10.9 Å². The maximum absolute atomic E-state index is 5.79. The van der Waals surface area contributed by atoms with Crippen molar-refractivity contribution in [1.82, 2.24) is 10.2 Å². The first-order valence-corrected chi connectivity index (χ1v) is 4.85. The zero-order chi connectivity index (χ0) is 9.26. The summed E-state index contributed by atoms with van der Waals surface area (Å²) in [5.41, 5.74) is 7.18. The van der Waals surface area contributed by atoms with Crippen LogP contribution in [0.15, 0.2) is 23.6 Å². The van der Waals surface area contributed by atoms with Crippen molar-refractivity contribution in [1.29, 1.82) is 0 Å². The molecule has 5 heteroatoms. The fourth-order valence-electron chi connectivity index (χ4n) is 0.941. The van der Waals surface area contributed by atoms with E-state index in [0.717, 1.165) is 15.6 Å². The standard InChI is InChI=1S/C8H6ClN3S/c9-7-3-5(4-13-7)6-1-2-8(10)12-11-6/h1-4H,(H2,10,12). The largest absolute Gasteiger partial charge is 0.382 e. The van der Waals surface area contributed by atoms with Crippen LogP contribution in [-0.4, -0.2) is 10.2 Å². The molecule has 66 valence electrons. The Balaban J connectivity index is 2.41. The molecule has 0 aromatic carbocycles. The van der Waals surface area contributed by atoms with Gasteiger partial charge in [0.05, 0.1) is 10.0 Å². The summed E-state index contributed by atoms with van der Waals surface area (Å²) in [6.45, 7) is 0. The van der Waals surface area contributed by atoms with Gasteiger partial charge in [-0.25, -0.2) is 0 Å². The van der Waals surface area contributed by atoms with Crippen LogP contribution in [-0.2, 0) is 0 Å². The van der Waals surface area contributed by atoms with Gasteiger partial charge in [-0.3, -0.25) is 0 Å². The Bertz CT molecular complexity index is 410. The summed E-state index contributed by atoms with van der Waals surface area (Å²) in [6, 6.07) is 5.39. The van der Waals surface area contributed by atoms with E-state index >= 15 is 0 Å². The molecule has 0 aliphatic rings. The molecule has 2 rings (SSSR count). The van der Waals surface area contributed by atoms with Crippen molar-refractivity contribution in [2.45, 2.75) is 0 Å². The number of rotatable bonds is 1. The lowest BCUT2D eigenvalue weighted by Crippen LogP contribution is -1.92. The summed E-state index contributed by atoms with van der Waals surface area (Å²) < 4.78 is 0.744. The minimum absolute atomic E-state index is 0.421. The van der Waals surface area contributed by atoms with Crippen molar-refractivity contribution in [2.24, 2.45) is 0 Å². The number of nitrogens with zero attached hydrogens (tertiary/aromatic N) is 2. The molecule has 0 aliphatic carbocycles. The third-order valence-corrected chi connectivity index (χ3v) is 2.64. The van der Waals surface area contributed by atoms with E-state index in [9.17, 15) is 0 Å². The third kappa shape index (κ3) is 1.79. The highest BCUT2D eigenvalue weighted by Crippen LogP contribution is 2.26. The first-order chi connectivity index (χ1) is 6.25. The smallest absolute Gasteiger partial charge is 0.146 e. The van der Waals surface area contributed by atoms with Crippen molar-refractivity contribution >= 4 is 28.8 Å². The van der Waals surface area contributed by atoms with Gasteiger partial charge >= 0.3 is 0 Å². The minimum atomic E-state index is 0.421. The molecule has 0 spiro atoms. The molecule has 0 saturated carbocycles. The summed E-state index contributed by atoms with van der Waals surface area (Å²) in [6.07, 6.45) is 0. The first kappa shape index (κ1) is 8.47. The zero-order valence-corrected chi connectivity index (χ0v) is 8.14. The Morgan fingerprint density at radius 3 is 2.69 bits per heavy atom. The Kier molecular flexibility index (Phi) is 2.16. The third-order valence-electron chi connectivity index (χ3n) is 1.55. The van der Waals surface area contributed by atoms with Crippen LogP contribution in [0, 0.1) is 0 Å². The van der Waals surface area contributed by atoms with E-state index in [1.165, 1.54) is 11.3 Å². The summed E-state index contributed by atoms with van der Waals surface area (Å²) in [4.78, 5) is 0. The Hall–Kier alpha value is -1.13. The number of hydrogen-bond acceptors (Lipinski definition) is 4. The summed E-state index contributed by atoms with van der Waals surface area (Å²) in [5, 5.41) is 9.62. The van der Waals surface area contributed by atoms with Crippen LogP contribution >= 0.6 is 22.9 Å². The fraction of sp³-hybridized carbons (Fsp3) is 0. The molecule has 0 radical (unpaired) electrons. The average Bonchev–Trinajstić information content (AvgIpc) is 2.53. The normalized spacial score (nSPS) is 10.2. The lowest BCUT2D eigenvalue weighted by Gasteiger charge is -1.94. The molecule has 0 fully saturated rings. The van der Waals surface area contributed by atoms with Crippen LogP contribution in [0.1, 0.15) is 0 Å². The summed E-state index contributed by atoms with van der Waals surface area (Å²) in [5.74, 6) is 0.421. The highest BCUT2D eigenvalue weighted by Gasteiger charge is 2.02. The lowest BCUT2D eigenvalue weighted by molar-refractivity contribution is 1.05. The van der Waals surface area contributed by atoms with Crippen LogP contribution in [0.5, 0.6) is 0 Å². The molecular formula is C8H6ClN3S. The maximum atomic E-state index is 5.79. The average molecular weight is 212 g/mol. The predicted octanol–water partition coefficient (Wildman–Crippen LogP) is 2.44. The van der Waals surface area contributed by atoms with E-state index in [2.05, 4.69) is 10.2 Å². The number of hydrogen-bond donors (Lipinski definition) is 1. The van der Waals surface area contributed by atoms with E-state index in [0.29, 0.717) is 5.82 Å². The predicted molar refractivity (Wildman–Crippen MR) is 54.8 cm³/mol. The van der Waals surface area contributed by atoms with E-state index < -0.39 is 0 Å². The minimum Gasteiger partial charge on any atom is -0.382 e. The second-order valence-electron chi connectivity index (χ2n) is 2.48. The zero-order valence-electron chi connectivity index (χ0n) is 6.57. The molecule has 0 atom stereocenters. The maximum Gasteiger partial charge on any atom is 0.146 e. The van der Waals surface area contributed by atoms with Gasteiger partial charge in [-0.05, 0) is 18.2 Å². The number of halogens is 1. The molecule has 0 aliphatic heterocycles. The summed E-state index contributed by atoms with van der Waals surface area (Å²) in [7, 11) is 0. The van der Waals surface area contributed by atoms with Crippen LogP contribution in [0.25, 0.3) is 11.3 Å². The van der Waals surface area contributed by atoms with Crippen LogP contribution < -0.4 is 5.73 Å². The van der Waals surface area contributed by atoms with Crippen molar-refractivity contribution in [3.63, 3.8) is 0 Å². The molecule has 3 nitrogen and oxygen atoms in total. The van der Waals surface area contributed by atoms with Gasteiger partial charge in [0.2, 0.25) is 0 Å².